The van der Waals surface area contributed by atoms with E-state index in [0.29, 0.717) is 15.2 Å². The van der Waals surface area contributed by atoms with Gasteiger partial charge in [0.15, 0.2) is 0 Å². The zero-order valence-electron chi connectivity index (χ0n) is 19.0. The van der Waals surface area contributed by atoms with Crippen molar-refractivity contribution >= 4 is 60.8 Å². The van der Waals surface area contributed by atoms with Crippen LogP contribution in [0.2, 0.25) is 5.02 Å². The molecule has 36 heavy (non-hydrogen) atoms. The number of nitrogens with zero attached hydrogens (tertiary/aromatic N) is 1. The molecule has 4 rings (SSSR count). The molecule has 0 aliphatic carbocycles. The number of ether oxygens (including phenoxy) is 2. The Bertz CT molecular complexity index is 1660. The quantitative estimate of drug-likeness (QED) is 0.346. The van der Waals surface area contributed by atoms with E-state index in [1.807, 2.05) is 12.1 Å². The summed E-state index contributed by atoms with van der Waals surface area (Å²) in [4.78, 5) is 36.4. The average Bonchev–Trinajstić information content (AvgIpc) is 3.18. The summed E-state index contributed by atoms with van der Waals surface area (Å²) in [5.74, 6) is -1.51. The molecule has 0 saturated carbocycles. The molecule has 0 amide bonds. The number of carbonyl (C=O) groups excluding carboxylic acids is 2. The second-order valence-corrected chi connectivity index (χ2v) is 10.6. The van der Waals surface area contributed by atoms with Gasteiger partial charge < -0.3 is 9.47 Å². The third-order valence-corrected chi connectivity index (χ3v) is 8.00. The molecule has 0 aliphatic heterocycles. The van der Waals surface area contributed by atoms with Gasteiger partial charge in [0.1, 0.15) is 0 Å². The lowest BCUT2D eigenvalue weighted by atomic mass is 10.1. The van der Waals surface area contributed by atoms with Crippen LogP contribution in [0, 0.1) is 0 Å². The van der Waals surface area contributed by atoms with E-state index in [9.17, 15) is 22.8 Å². The zero-order valence-corrected chi connectivity index (χ0v) is 21.4. The fourth-order valence-electron chi connectivity index (χ4n) is 3.53. The Morgan fingerprint density at radius 1 is 1.00 bits per heavy atom. The van der Waals surface area contributed by atoms with Crippen molar-refractivity contribution in [2.24, 2.45) is 0 Å². The van der Waals surface area contributed by atoms with E-state index < -0.39 is 22.0 Å². The number of hydrogen-bond acceptors (Lipinski definition) is 8. The van der Waals surface area contributed by atoms with E-state index in [1.165, 1.54) is 48.1 Å². The Hall–Kier alpha value is -3.67. The van der Waals surface area contributed by atoms with E-state index in [0.717, 1.165) is 24.0 Å². The standard InChI is InChI=1S/C24H19ClN2O7S2/c1-33-22(28)14-7-9-17(23(29)34-2)19(11-14)26-36(31,32)16-8-10-20-21(12-16)35-24(30)27(20)13-15-5-3-4-6-18(15)25/h3-12,26H,13H2,1-2H3. The average molecular weight is 547 g/mol. The van der Waals surface area contributed by atoms with Crippen LogP contribution in [0.5, 0.6) is 0 Å². The number of fused-ring (bicyclic) bond motifs is 1. The minimum absolute atomic E-state index is 0.0353. The first-order valence-electron chi connectivity index (χ1n) is 10.3. The third kappa shape index (κ3) is 4.99. The summed E-state index contributed by atoms with van der Waals surface area (Å²) >= 11 is 7.13. The van der Waals surface area contributed by atoms with Crippen molar-refractivity contribution in [3.05, 3.63) is 92.0 Å². The fourth-order valence-corrected chi connectivity index (χ4v) is 5.82. The van der Waals surface area contributed by atoms with E-state index >= 15 is 0 Å². The molecule has 0 unspecified atom stereocenters. The molecule has 0 fully saturated rings. The molecule has 0 saturated heterocycles. The molecule has 186 valence electrons. The first-order valence-corrected chi connectivity index (χ1v) is 13.0. The Morgan fingerprint density at radius 3 is 2.42 bits per heavy atom. The summed E-state index contributed by atoms with van der Waals surface area (Å²) in [6.07, 6.45) is 0. The maximum Gasteiger partial charge on any atom is 0.339 e. The van der Waals surface area contributed by atoms with Gasteiger partial charge >= 0.3 is 16.8 Å². The number of esters is 2. The second kappa shape index (κ2) is 10.1. The molecule has 0 atom stereocenters. The van der Waals surface area contributed by atoms with Crippen molar-refractivity contribution in [2.75, 3.05) is 18.9 Å². The number of methoxy groups -OCH3 is 2. The number of anilines is 1. The highest BCUT2D eigenvalue weighted by molar-refractivity contribution is 7.92. The van der Waals surface area contributed by atoms with Crippen molar-refractivity contribution in [3.63, 3.8) is 0 Å². The van der Waals surface area contributed by atoms with Crippen LogP contribution in [-0.4, -0.2) is 39.1 Å². The molecule has 0 spiro atoms. The van der Waals surface area contributed by atoms with Crippen LogP contribution in [0.1, 0.15) is 26.3 Å². The minimum Gasteiger partial charge on any atom is -0.465 e. The monoisotopic (exact) mass is 546 g/mol. The Balaban J connectivity index is 1.72. The number of benzene rings is 3. The number of sulfonamides is 1. The molecular weight excluding hydrogens is 528 g/mol. The lowest BCUT2D eigenvalue weighted by Crippen LogP contribution is -2.17. The van der Waals surface area contributed by atoms with E-state index in [-0.39, 0.29) is 33.1 Å². The first-order chi connectivity index (χ1) is 17.1. The number of carbonyl (C=O) groups is 2. The van der Waals surface area contributed by atoms with Crippen LogP contribution in [0.4, 0.5) is 5.69 Å². The molecule has 3 aromatic carbocycles. The summed E-state index contributed by atoms with van der Waals surface area (Å²) in [5.41, 5.74) is 1.08. The van der Waals surface area contributed by atoms with Gasteiger partial charge in [-0.05, 0) is 48.0 Å². The number of aromatic nitrogens is 1. The van der Waals surface area contributed by atoms with Gasteiger partial charge in [0.25, 0.3) is 10.0 Å². The van der Waals surface area contributed by atoms with Crippen molar-refractivity contribution < 1.29 is 27.5 Å². The summed E-state index contributed by atoms with van der Waals surface area (Å²) < 4.78 is 40.1. The minimum atomic E-state index is -4.22. The van der Waals surface area contributed by atoms with E-state index in [4.69, 9.17) is 16.3 Å². The maximum atomic E-state index is 13.2. The molecule has 1 N–H and O–H groups in total. The molecule has 12 heteroatoms. The van der Waals surface area contributed by atoms with Crippen LogP contribution >= 0.6 is 22.9 Å². The number of thiazole rings is 1. The number of halogens is 1. The third-order valence-electron chi connectivity index (χ3n) is 5.33. The highest BCUT2D eigenvalue weighted by atomic mass is 35.5. The highest BCUT2D eigenvalue weighted by Crippen LogP contribution is 2.27. The topological polar surface area (TPSA) is 121 Å². The van der Waals surface area contributed by atoms with Gasteiger partial charge in [0.2, 0.25) is 0 Å². The smallest absolute Gasteiger partial charge is 0.339 e. The van der Waals surface area contributed by atoms with Crippen LogP contribution in [0.15, 0.2) is 70.4 Å². The van der Waals surface area contributed by atoms with Crippen LogP contribution < -0.4 is 9.60 Å². The molecule has 1 aromatic heterocycles. The van der Waals surface area contributed by atoms with Crippen molar-refractivity contribution in [2.45, 2.75) is 11.4 Å². The normalized spacial score (nSPS) is 11.3. The summed E-state index contributed by atoms with van der Waals surface area (Å²) in [6, 6.07) is 15.2. The predicted molar refractivity (Wildman–Crippen MR) is 137 cm³/mol. The first kappa shape index (κ1) is 25.4. The molecule has 0 radical (unpaired) electrons. The molecular formula is C24H19ClN2O7S2. The summed E-state index contributed by atoms with van der Waals surface area (Å²) in [6.45, 7) is 0.228. The van der Waals surface area contributed by atoms with Gasteiger partial charge in [-0.3, -0.25) is 14.1 Å². The van der Waals surface area contributed by atoms with E-state index in [2.05, 4.69) is 9.46 Å². The summed E-state index contributed by atoms with van der Waals surface area (Å²) in [7, 11) is -1.89. The molecule has 1 heterocycles. The lowest BCUT2D eigenvalue weighted by molar-refractivity contribution is 0.0587. The lowest BCUT2D eigenvalue weighted by Gasteiger charge is -2.13. The Kier molecular flexibility index (Phi) is 7.16. The van der Waals surface area contributed by atoms with Crippen LogP contribution in [-0.2, 0) is 26.0 Å². The van der Waals surface area contributed by atoms with Crippen molar-refractivity contribution in [1.29, 1.82) is 0 Å². The van der Waals surface area contributed by atoms with Gasteiger partial charge in [-0.15, -0.1) is 0 Å². The van der Waals surface area contributed by atoms with Crippen LogP contribution in [0.25, 0.3) is 10.2 Å². The van der Waals surface area contributed by atoms with Crippen molar-refractivity contribution in [1.82, 2.24) is 4.57 Å². The van der Waals surface area contributed by atoms with Gasteiger partial charge in [0.05, 0.1) is 52.7 Å². The van der Waals surface area contributed by atoms with Gasteiger partial charge in [0, 0.05) is 5.02 Å². The summed E-state index contributed by atoms with van der Waals surface area (Å²) in [5, 5.41) is 0.516. The predicted octanol–water partition coefficient (Wildman–Crippen LogP) is 4.14. The van der Waals surface area contributed by atoms with Gasteiger partial charge in [-0.2, -0.15) is 0 Å². The number of rotatable bonds is 7. The highest BCUT2D eigenvalue weighted by Gasteiger charge is 2.22. The Morgan fingerprint density at radius 2 is 1.72 bits per heavy atom. The molecule has 4 aromatic rings. The molecule has 0 bridgehead atoms. The van der Waals surface area contributed by atoms with Gasteiger partial charge in [-0.25, -0.2) is 18.0 Å². The van der Waals surface area contributed by atoms with Crippen LogP contribution in [0.3, 0.4) is 0 Å². The maximum absolute atomic E-state index is 13.2. The molecule has 0 aliphatic rings. The Labute approximate surface area is 214 Å². The zero-order chi connectivity index (χ0) is 26.0. The largest absolute Gasteiger partial charge is 0.465 e. The fraction of sp³-hybridized carbons (Fsp3) is 0.125. The molecule has 9 nitrogen and oxygen atoms in total. The van der Waals surface area contributed by atoms with Crippen molar-refractivity contribution in [3.8, 4) is 0 Å². The number of hydrogen-bond donors (Lipinski definition) is 1. The second-order valence-electron chi connectivity index (χ2n) is 7.52. The number of nitrogens with one attached hydrogen (secondary N) is 1. The van der Waals surface area contributed by atoms with Gasteiger partial charge in [-0.1, -0.05) is 41.1 Å². The van der Waals surface area contributed by atoms with E-state index in [1.54, 1.807) is 12.1 Å². The SMILES string of the molecule is COC(=O)c1ccc(C(=O)OC)c(NS(=O)(=O)c2ccc3c(c2)sc(=O)n3Cc2ccccc2Cl)c1.